The molecule has 2 aromatic carbocycles. The molecule has 0 unspecified atom stereocenters. The van der Waals surface area contributed by atoms with Crippen molar-refractivity contribution in [2.24, 2.45) is 5.10 Å². The molecule has 5 rings (SSSR count). The lowest BCUT2D eigenvalue weighted by molar-refractivity contribution is 0.102. The van der Waals surface area contributed by atoms with E-state index in [4.69, 9.17) is 21.8 Å². The van der Waals surface area contributed by atoms with Crippen molar-refractivity contribution >= 4 is 57.4 Å². The average Bonchev–Trinajstić information content (AvgIpc) is 3.38. The standard InChI is InChI=1S/C22H15ClN6O2/c23-13-7-9-14(10-8-13)26-22(30)18-19-21(28-17-6-2-1-5-16(17)27-19)29(20(18)24)25-12-15-4-3-11-31-15/h1-12H,24H2,(H,26,30)/b25-12-. The van der Waals surface area contributed by atoms with E-state index in [-0.39, 0.29) is 11.4 Å². The van der Waals surface area contributed by atoms with E-state index in [0.29, 0.717) is 38.7 Å². The SMILES string of the molecule is Nc1c(C(=O)Nc2ccc(Cl)cc2)c2nc3ccccc3nc2n1/N=C\c1ccco1. The van der Waals surface area contributed by atoms with Gasteiger partial charge < -0.3 is 15.5 Å². The summed E-state index contributed by atoms with van der Waals surface area (Å²) in [5, 5.41) is 7.77. The summed E-state index contributed by atoms with van der Waals surface area (Å²) in [4.78, 5) is 22.4. The summed E-state index contributed by atoms with van der Waals surface area (Å²) in [5.41, 5.74) is 9.11. The maximum absolute atomic E-state index is 13.1. The zero-order chi connectivity index (χ0) is 21.4. The Morgan fingerprint density at radius 2 is 1.81 bits per heavy atom. The summed E-state index contributed by atoms with van der Waals surface area (Å²) in [7, 11) is 0. The Hall–Kier alpha value is -4.17. The number of hydrogen-bond donors (Lipinski definition) is 2. The summed E-state index contributed by atoms with van der Waals surface area (Å²) in [6.45, 7) is 0. The Balaban J connectivity index is 1.67. The molecule has 0 aliphatic heterocycles. The van der Waals surface area contributed by atoms with Crippen LogP contribution in [-0.4, -0.2) is 26.8 Å². The monoisotopic (exact) mass is 430 g/mol. The number of nitrogens with zero attached hydrogens (tertiary/aromatic N) is 4. The molecule has 31 heavy (non-hydrogen) atoms. The van der Waals surface area contributed by atoms with Crippen LogP contribution < -0.4 is 11.1 Å². The predicted octanol–water partition coefficient (Wildman–Crippen LogP) is 4.55. The maximum Gasteiger partial charge on any atom is 0.261 e. The summed E-state index contributed by atoms with van der Waals surface area (Å²) in [6, 6.07) is 17.6. The molecule has 0 aliphatic carbocycles. The highest BCUT2D eigenvalue weighted by Gasteiger charge is 2.24. The van der Waals surface area contributed by atoms with Gasteiger partial charge in [0.15, 0.2) is 5.65 Å². The van der Waals surface area contributed by atoms with Crippen molar-refractivity contribution in [1.82, 2.24) is 14.6 Å². The Labute approximate surface area is 181 Å². The molecule has 5 aromatic rings. The minimum atomic E-state index is -0.429. The highest BCUT2D eigenvalue weighted by Crippen LogP contribution is 2.29. The molecule has 8 nitrogen and oxygen atoms in total. The van der Waals surface area contributed by atoms with Crippen molar-refractivity contribution in [2.75, 3.05) is 11.1 Å². The third kappa shape index (κ3) is 3.49. The van der Waals surface area contributed by atoms with Crippen LogP contribution in [-0.2, 0) is 0 Å². The number of halogens is 1. The van der Waals surface area contributed by atoms with Crippen molar-refractivity contribution in [3.8, 4) is 0 Å². The number of benzene rings is 2. The van der Waals surface area contributed by atoms with Crippen LogP contribution >= 0.6 is 11.6 Å². The topological polar surface area (TPSA) is 111 Å². The second-order valence-corrected chi connectivity index (χ2v) is 7.11. The summed E-state index contributed by atoms with van der Waals surface area (Å²) in [5.74, 6) is 0.211. The van der Waals surface area contributed by atoms with Gasteiger partial charge in [0.1, 0.15) is 22.7 Å². The number of aromatic nitrogens is 3. The highest BCUT2D eigenvalue weighted by molar-refractivity contribution is 6.30. The maximum atomic E-state index is 13.1. The number of nitrogen functional groups attached to an aromatic ring is 1. The van der Waals surface area contributed by atoms with Crippen molar-refractivity contribution in [3.63, 3.8) is 0 Å². The predicted molar refractivity (Wildman–Crippen MR) is 121 cm³/mol. The molecule has 9 heteroatoms. The molecule has 3 aromatic heterocycles. The van der Waals surface area contributed by atoms with Crippen LogP contribution in [0.4, 0.5) is 11.5 Å². The molecular weight excluding hydrogens is 416 g/mol. The van der Waals surface area contributed by atoms with E-state index >= 15 is 0 Å². The number of furan rings is 1. The lowest BCUT2D eigenvalue weighted by atomic mass is 10.2. The smallest absolute Gasteiger partial charge is 0.261 e. The van der Waals surface area contributed by atoms with Crippen LogP contribution in [0.25, 0.3) is 22.2 Å². The lowest BCUT2D eigenvalue weighted by Gasteiger charge is -2.05. The van der Waals surface area contributed by atoms with Crippen LogP contribution in [0.15, 0.2) is 76.4 Å². The third-order valence-electron chi connectivity index (χ3n) is 4.65. The molecule has 0 fully saturated rings. The fourth-order valence-corrected chi connectivity index (χ4v) is 3.32. The third-order valence-corrected chi connectivity index (χ3v) is 4.90. The van der Waals surface area contributed by atoms with Gasteiger partial charge in [-0.05, 0) is 48.5 Å². The van der Waals surface area contributed by atoms with Gasteiger partial charge in [0.25, 0.3) is 5.91 Å². The number of rotatable bonds is 4. The fourth-order valence-electron chi connectivity index (χ4n) is 3.19. The number of hydrogen-bond acceptors (Lipinski definition) is 6. The van der Waals surface area contributed by atoms with Crippen molar-refractivity contribution in [2.45, 2.75) is 0 Å². The van der Waals surface area contributed by atoms with Gasteiger partial charge in [0.2, 0.25) is 0 Å². The second-order valence-electron chi connectivity index (χ2n) is 6.68. The first-order valence-corrected chi connectivity index (χ1v) is 9.69. The summed E-state index contributed by atoms with van der Waals surface area (Å²) in [6.07, 6.45) is 3.03. The van der Waals surface area contributed by atoms with Gasteiger partial charge in [-0.3, -0.25) is 4.79 Å². The number of nitrogens with one attached hydrogen (secondary N) is 1. The molecule has 0 spiro atoms. The van der Waals surface area contributed by atoms with E-state index in [0.717, 1.165) is 0 Å². The number of nitrogens with two attached hydrogens (primary N) is 1. The van der Waals surface area contributed by atoms with E-state index in [1.165, 1.54) is 17.2 Å². The highest BCUT2D eigenvalue weighted by atomic mass is 35.5. The molecule has 0 saturated carbocycles. The van der Waals surface area contributed by atoms with E-state index in [9.17, 15) is 4.79 Å². The van der Waals surface area contributed by atoms with Crippen molar-refractivity contribution in [1.29, 1.82) is 0 Å². The molecule has 0 atom stereocenters. The van der Waals surface area contributed by atoms with Crippen LogP contribution in [0.5, 0.6) is 0 Å². The number of para-hydroxylation sites is 2. The zero-order valence-corrected chi connectivity index (χ0v) is 16.7. The molecule has 152 valence electrons. The Morgan fingerprint density at radius 3 is 2.52 bits per heavy atom. The zero-order valence-electron chi connectivity index (χ0n) is 16.0. The number of amides is 1. The van der Waals surface area contributed by atoms with Gasteiger partial charge >= 0.3 is 0 Å². The minimum Gasteiger partial charge on any atom is -0.463 e. The van der Waals surface area contributed by atoms with Gasteiger partial charge in [-0.25, -0.2) is 9.97 Å². The van der Waals surface area contributed by atoms with Gasteiger partial charge in [0.05, 0.1) is 23.5 Å². The number of carbonyl (C=O) groups is 1. The van der Waals surface area contributed by atoms with Gasteiger partial charge in [0, 0.05) is 10.7 Å². The molecule has 0 radical (unpaired) electrons. The van der Waals surface area contributed by atoms with Crippen LogP contribution in [0, 0.1) is 0 Å². The van der Waals surface area contributed by atoms with Gasteiger partial charge in [-0.1, -0.05) is 23.7 Å². The van der Waals surface area contributed by atoms with Crippen LogP contribution in [0.3, 0.4) is 0 Å². The van der Waals surface area contributed by atoms with Gasteiger partial charge in [-0.15, -0.1) is 0 Å². The average molecular weight is 431 g/mol. The Morgan fingerprint density at radius 1 is 1.06 bits per heavy atom. The molecule has 3 heterocycles. The van der Waals surface area contributed by atoms with Crippen LogP contribution in [0.2, 0.25) is 5.02 Å². The largest absolute Gasteiger partial charge is 0.463 e. The molecule has 3 N–H and O–H groups in total. The fraction of sp³-hybridized carbons (Fsp3) is 0. The minimum absolute atomic E-state index is 0.111. The summed E-state index contributed by atoms with van der Waals surface area (Å²) >= 11 is 5.93. The Kier molecular flexibility index (Phi) is 4.61. The molecule has 0 aliphatic rings. The van der Waals surface area contributed by atoms with Crippen LogP contribution in [0.1, 0.15) is 16.1 Å². The first kappa shape index (κ1) is 18.8. The van der Waals surface area contributed by atoms with E-state index in [1.54, 1.807) is 36.4 Å². The first-order valence-electron chi connectivity index (χ1n) is 9.31. The second kappa shape index (κ2) is 7.58. The van der Waals surface area contributed by atoms with Crippen molar-refractivity contribution in [3.05, 3.63) is 83.3 Å². The van der Waals surface area contributed by atoms with E-state index in [1.807, 2.05) is 24.3 Å². The molecule has 0 saturated heterocycles. The Bertz CT molecular complexity index is 1440. The lowest BCUT2D eigenvalue weighted by Crippen LogP contribution is -2.14. The normalized spacial score (nSPS) is 11.5. The number of anilines is 2. The molecular formula is C22H15ClN6O2. The molecule has 1 amide bonds. The van der Waals surface area contributed by atoms with Gasteiger partial charge in [-0.2, -0.15) is 9.78 Å². The van der Waals surface area contributed by atoms with Crippen molar-refractivity contribution < 1.29 is 9.21 Å². The number of carbonyl (C=O) groups excluding carboxylic acids is 1. The molecule has 0 bridgehead atoms. The first-order chi connectivity index (χ1) is 15.1. The quantitative estimate of drug-likeness (QED) is 0.406. The summed E-state index contributed by atoms with van der Waals surface area (Å²) < 4.78 is 6.67. The van der Waals surface area contributed by atoms with E-state index < -0.39 is 5.91 Å². The van der Waals surface area contributed by atoms with E-state index in [2.05, 4.69) is 20.4 Å². The number of fused-ring (bicyclic) bond motifs is 2.